The van der Waals surface area contributed by atoms with Gasteiger partial charge in [-0.1, -0.05) is 59.7 Å². The predicted molar refractivity (Wildman–Crippen MR) is 221 cm³/mol. The maximum absolute atomic E-state index is 14.4. The van der Waals surface area contributed by atoms with Crippen molar-refractivity contribution >= 4 is 29.1 Å². The van der Waals surface area contributed by atoms with Gasteiger partial charge in [0.05, 0.1) is 26.4 Å². The van der Waals surface area contributed by atoms with E-state index in [0.717, 1.165) is 41.8 Å². The summed E-state index contributed by atoms with van der Waals surface area (Å²) in [5.74, 6) is 1.22. The second kappa shape index (κ2) is 19.0. The number of aliphatic hydroxyl groups is 2. The topological polar surface area (TPSA) is 127 Å². The van der Waals surface area contributed by atoms with Crippen molar-refractivity contribution in [3.05, 3.63) is 47.5 Å². The summed E-state index contributed by atoms with van der Waals surface area (Å²) in [4.78, 5) is 38.6. The number of anilines is 1. The molecule has 2 aromatic carbocycles. The molecule has 2 aromatic rings. The minimum Gasteiger partial charge on any atom is -0.496 e. The van der Waals surface area contributed by atoms with Gasteiger partial charge in [-0.05, 0) is 86.7 Å². The van der Waals surface area contributed by atoms with E-state index in [1.165, 1.54) is 0 Å². The van der Waals surface area contributed by atoms with E-state index < -0.39 is 24.2 Å². The molecule has 4 N–H and O–H groups in total. The molecule has 10 atom stereocenters. The lowest BCUT2D eigenvalue weighted by Crippen LogP contribution is -2.57. The number of ether oxygens (including phenoxy) is 1. The average molecular weight is 786 g/mol. The Kier molecular flexibility index (Phi) is 15.5. The summed E-state index contributed by atoms with van der Waals surface area (Å²) in [6.07, 6.45) is -0.0672. The molecule has 1 aliphatic carbocycles. The Labute approximate surface area is 335 Å². The summed E-state index contributed by atoms with van der Waals surface area (Å²) < 4.78 is 6.09. The molecular formula is C43H68ClN5O6. The van der Waals surface area contributed by atoms with Gasteiger partial charge in [-0.25, -0.2) is 0 Å². The number of carbonyl (C=O) groups is 2. The molecule has 0 bridgehead atoms. The molecule has 2 fully saturated rings. The van der Waals surface area contributed by atoms with Gasteiger partial charge in [-0.2, -0.15) is 5.06 Å². The molecule has 4 rings (SSSR count). The number of hydroxylamine groups is 2. The molecule has 2 aliphatic rings. The first-order valence-corrected chi connectivity index (χ1v) is 20.4. The molecule has 55 heavy (non-hydrogen) atoms. The molecule has 1 heterocycles. The van der Waals surface area contributed by atoms with E-state index in [0.29, 0.717) is 29.0 Å². The SMILES string of the molecule is COc1c(CN2O[C@@H](CO)[C@@H]([C@H](C)O)[C@H]2C(=O)N[C@H]2C[C@@H](C)C(C)(CCl)[C@@H](C)[C@@H]2C)cccc1-c1cc(C(=O)N[C@@H](CC(C)C)CN(C)C)cc(N(C)C)c1. The zero-order valence-electron chi connectivity index (χ0n) is 35.2. The Bertz CT molecular complexity index is 1600. The molecule has 0 aromatic heterocycles. The third-order valence-electron chi connectivity index (χ3n) is 12.5. The van der Waals surface area contributed by atoms with Crippen LogP contribution in [-0.2, 0) is 16.2 Å². The number of benzene rings is 2. The number of alkyl halides is 1. The number of nitrogens with one attached hydrogen (secondary N) is 2. The van der Waals surface area contributed by atoms with Gasteiger partial charge in [0.1, 0.15) is 17.9 Å². The van der Waals surface area contributed by atoms with E-state index in [-0.39, 0.29) is 54.3 Å². The number of halogens is 1. The van der Waals surface area contributed by atoms with E-state index in [1.807, 2.05) is 69.5 Å². The molecule has 0 radical (unpaired) electrons. The number of hydrogen-bond acceptors (Lipinski definition) is 9. The van der Waals surface area contributed by atoms with Crippen molar-refractivity contribution in [2.45, 2.75) is 98.2 Å². The molecule has 308 valence electrons. The maximum atomic E-state index is 14.4. The van der Waals surface area contributed by atoms with Crippen LogP contribution in [0, 0.1) is 35.0 Å². The second-order valence-electron chi connectivity index (χ2n) is 17.4. The molecule has 2 amide bonds. The Morgan fingerprint density at radius 3 is 2.36 bits per heavy atom. The normalized spacial score (nSPS) is 28.3. The fourth-order valence-electron chi connectivity index (χ4n) is 8.81. The van der Waals surface area contributed by atoms with Crippen molar-refractivity contribution in [3.8, 4) is 16.9 Å². The minimum atomic E-state index is -0.927. The van der Waals surface area contributed by atoms with E-state index in [9.17, 15) is 19.8 Å². The maximum Gasteiger partial charge on any atom is 0.251 e. The molecule has 11 nitrogen and oxygen atoms in total. The summed E-state index contributed by atoms with van der Waals surface area (Å²) in [5.41, 5.74) is 3.68. The summed E-state index contributed by atoms with van der Waals surface area (Å²) in [5, 5.41) is 29.6. The number of nitrogens with zero attached hydrogens (tertiary/aromatic N) is 3. The quantitative estimate of drug-likeness (QED) is 0.160. The van der Waals surface area contributed by atoms with Gasteiger partial charge in [0.15, 0.2) is 0 Å². The van der Waals surface area contributed by atoms with Gasteiger partial charge in [-0.15, -0.1) is 11.6 Å². The Morgan fingerprint density at radius 1 is 1.11 bits per heavy atom. The number of amides is 2. The number of aliphatic hydroxyl groups excluding tert-OH is 2. The van der Waals surface area contributed by atoms with Gasteiger partial charge < -0.3 is 35.4 Å². The third kappa shape index (κ3) is 10.1. The lowest BCUT2D eigenvalue weighted by atomic mass is 9.58. The van der Waals surface area contributed by atoms with Crippen molar-refractivity contribution < 1.29 is 29.4 Å². The lowest BCUT2D eigenvalue weighted by molar-refractivity contribution is -0.182. The van der Waals surface area contributed by atoms with Crippen molar-refractivity contribution in [1.82, 2.24) is 20.6 Å². The van der Waals surface area contributed by atoms with Crippen LogP contribution in [0.4, 0.5) is 5.69 Å². The summed E-state index contributed by atoms with van der Waals surface area (Å²) in [6.45, 7) is 15.3. The highest BCUT2D eigenvalue weighted by Gasteiger charge is 2.52. The van der Waals surface area contributed by atoms with Gasteiger partial charge >= 0.3 is 0 Å². The van der Waals surface area contributed by atoms with Crippen molar-refractivity contribution in [3.63, 3.8) is 0 Å². The Morgan fingerprint density at radius 2 is 1.80 bits per heavy atom. The summed E-state index contributed by atoms with van der Waals surface area (Å²) in [6, 6.07) is 10.6. The van der Waals surface area contributed by atoms with Crippen LogP contribution in [0.15, 0.2) is 36.4 Å². The molecule has 12 heteroatoms. The fraction of sp³-hybridized carbons (Fsp3) is 0.674. The first-order valence-electron chi connectivity index (χ1n) is 19.9. The number of para-hydroxylation sites is 1. The highest BCUT2D eigenvalue weighted by Crippen LogP contribution is 2.49. The number of carbonyl (C=O) groups excluding carboxylic acids is 2. The van der Waals surface area contributed by atoms with Crippen molar-refractivity contribution in [1.29, 1.82) is 0 Å². The summed E-state index contributed by atoms with van der Waals surface area (Å²) in [7, 11) is 9.51. The summed E-state index contributed by atoms with van der Waals surface area (Å²) >= 11 is 6.49. The number of likely N-dealkylation sites (N-methyl/N-ethyl adjacent to an activating group) is 1. The van der Waals surface area contributed by atoms with Crippen molar-refractivity contribution in [2.24, 2.45) is 35.0 Å². The average Bonchev–Trinajstić information content (AvgIpc) is 3.50. The van der Waals surface area contributed by atoms with Crippen LogP contribution in [0.5, 0.6) is 5.75 Å². The fourth-order valence-corrected chi connectivity index (χ4v) is 9.32. The van der Waals surface area contributed by atoms with Crippen LogP contribution in [0.2, 0.25) is 0 Å². The molecule has 0 spiro atoms. The third-order valence-corrected chi connectivity index (χ3v) is 13.1. The number of rotatable bonds is 16. The molecule has 1 saturated heterocycles. The van der Waals surface area contributed by atoms with Crippen LogP contribution >= 0.6 is 11.6 Å². The zero-order chi connectivity index (χ0) is 40.9. The molecule has 1 aliphatic heterocycles. The van der Waals surface area contributed by atoms with Crippen LogP contribution in [0.3, 0.4) is 0 Å². The molecular weight excluding hydrogens is 718 g/mol. The number of methoxy groups -OCH3 is 1. The molecule has 1 unspecified atom stereocenters. The van der Waals surface area contributed by atoms with E-state index in [2.05, 4.69) is 57.1 Å². The van der Waals surface area contributed by atoms with Crippen molar-refractivity contribution in [2.75, 3.05) is 59.2 Å². The highest BCUT2D eigenvalue weighted by atomic mass is 35.5. The monoisotopic (exact) mass is 785 g/mol. The van der Waals surface area contributed by atoms with Gasteiger partial charge in [0, 0.05) is 66.9 Å². The van der Waals surface area contributed by atoms with Crippen LogP contribution in [0.1, 0.15) is 77.2 Å². The zero-order valence-corrected chi connectivity index (χ0v) is 36.0. The van der Waals surface area contributed by atoms with E-state index in [4.69, 9.17) is 21.2 Å². The smallest absolute Gasteiger partial charge is 0.251 e. The number of hydrogen-bond donors (Lipinski definition) is 4. The minimum absolute atomic E-state index is 0.00962. The second-order valence-corrected chi connectivity index (χ2v) is 17.7. The first kappa shape index (κ1) is 44.8. The van der Waals surface area contributed by atoms with Crippen LogP contribution in [-0.4, -0.2) is 117 Å². The van der Waals surface area contributed by atoms with Crippen LogP contribution < -0.4 is 20.3 Å². The van der Waals surface area contributed by atoms with E-state index in [1.54, 1.807) is 19.1 Å². The van der Waals surface area contributed by atoms with Gasteiger partial charge in [0.2, 0.25) is 5.91 Å². The predicted octanol–water partition coefficient (Wildman–Crippen LogP) is 5.65. The lowest BCUT2D eigenvalue weighted by Gasteiger charge is -2.51. The van der Waals surface area contributed by atoms with Crippen LogP contribution in [0.25, 0.3) is 11.1 Å². The highest BCUT2D eigenvalue weighted by molar-refractivity contribution is 6.18. The first-order chi connectivity index (χ1) is 25.9. The van der Waals surface area contributed by atoms with E-state index >= 15 is 0 Å². The Balaban J connectivity index is 1.69. The van der Waals surface area contributed by atoms with Gasteiger partial charge in [0.25, 0.3) is 5.91 Å². The van der Waals surface area contributed by atoms with Gasteiger partial charge in [-0.3, -0.25) is 14.4 Å². The Hall–Kier alpha value is -2.93. The standard InChI is InChI=1S/C43H68ClN5O6/c1-25(2)16-33(22-47(8)9)45-41(52)32-18-31(19-34(20-32)48(10)11)35-15-13-14-30(40(35)54-12)21-49-39(38(29(6)51)37(23-50)55-49)42(53)46-36-17-26(3)43(7,24-44)28(5)27(36)4/h13-15,18-20,25-29,33,36-39,50-51H,16-17,21-24H2,1-12H3,(H,45,52)(H,46,53)/t26-,27+,28+,29+,33+,36+,37+,38-,39+,43?/m1/s1. The largest absolute Gasteiger partial charge is 0.496 e. The molecule has 1 saturated carbocycles.